The van der Waals surface area contributed by atoms with Crippen LogP contribution in [0.1, 0.15) is 23.0 Å². The molecule has 0 aliphatic heterocycles. The first-order chi connectivity index (χ1) is 11.4. The highest BCUT2D eigenvalue weighted by molar-refractivity contribution is 6.35. The van der Waals surface area contributed by atoms with Crippen LogP contribution in [0.2, 0.25) is 15.1 Å². The standard InChI is InChI=1S/C16H11Cl3N2O3/c1-2-10-14(16(22)23)20-21(12-4-3-8(17)5-11(12)19)15(10)13-6-9(18)7-24-13/h3-7H,2H2,1H3,(H,22,23). The van der Waals surface area contributed by atoms with Gasteiger partial charge in [-0.1, -0.05) is 41.7 Å². The predicted octanol–water partition coefficient (Wildman–Crippen LogP) is 5.35. The zero-order valence-corrected chi connectivity index (χ0v) is 14.7. The van der Waals surface area contributed by atoms with E-state index in [-0.39, 0.29) is 5.69 Å². The monoisotopic (exact) mass is 384 g/mol. The third kappa shape index (κ3) is 2.90. The average Bonchev–Trinajstić information content (AvgIpc) is 3.10. The Hall–Kier alpha value is -1.95. The van der Waals surface area contributed by atoms with E-state index in [1.807, 2.05) is 6.92 Å². The fraction of sp³-hybridized carbons (Fsp3) is 0.125. The largest absolute Gasteiger partial charge is 0.476 e. The highest BCUT2D eigenvalue weighted by Gasteiger charge is 2.26. The van der Waals surface area contributed by atoms with Crippen molar-refractivity contribution in [2.75, 3.05) is 0 Å². The van der Waals surface area contributed by atoms with Gasteiger partial charge in [0.15, 0.2) is 11.5 Å². The van der Waals surface area contributed by atoms with E-state index in [0.717, 1.165) is 0 Å². The van der Waals surface area contributed by atoms with E-state index in [1.165, 1.54) is 10.9 Å². The summed E-state index contributed by atoms with van der Waals surface area (Å²) in [7, 11) is 0. The van der Waals surface area contributed by atoms with Crippen molar-refractivity contribution in [3.8, 4) is 17.1 Å². The maximum absolute atomic E-state index is 11.6. The number of aromatic carboxylic acids is 1. The van der Waals surface area contributed by atoms with Gasteiger partial charge < -0.3 is 9.52 Å². The molecule has 24 heavy (non-hydrogen) atoms. The summed E-state index contributed by atoms with van der Waals surface area (Å²) in [6.07, 6.45) is 1.82. The summed E-state index contributed by atoms with van der Waals surface area (Å²) in [6.45, 7) is 1.84. The molecule has 2 aromatic heterocycles. The van der Waals surface area contributed by atoms with Gasteiger partial charge in [0.1, 0.15) is 12.0 Å². The van der Waals surface area contributed by atoms with E-state index in [0.29, 0.717) is 44.2 Å². The minimum Gasteiger partial charge on any atom is -0.476 e. The molecule has 124 valence electrons. The predicted molar refractivity (Wildman–Crippen MR) is 92.6 cm³/mol. The lowest BCUT2D eigenvalue weighted by Crippen LogP contribution is -2.03. The van der Waals surface area contributed by atoms with E-state index >= 15 is 0 Å². The second-order valence-corrected chi connectivity index (χ2v) is 6.25. The Bertz CT molecular complexity index is 931. The van der Waals surface area contributed by atoms with Crippen molar-refractivity contribution in [2.45, 2.75) is 13.3 Å². The summed E-state index contributed by atoms with van der Waals surface area (Å²) >= 11 is 18.1. The molecule has 0 atom stereocenters. The molecule has 5 nitrogen and oxygen atoms in total. The zero-order valence-electron chi connectivity index (χ0n) is 12.4. The fourth-order valence-corrected chi connectivity index (χ4v) is 3.11. The molecule has 0 unspecified atom stereocenters. The van der Waals surface area contributed by atoms with E-state index < -0.39 is 5.97 Å². The first kappa shape index (κ1) is 16.9. The highest BCUT2D eigenvalue weighted by Crippen LogP contribution is 2.34. The topological polar surface area (TPSA) is 68.3 Å². The van der Waals surface area contributed by atoms with E-state index in [1.54, 1.807) is 24.3 Å². The van der Waals surface area contributed by atoms with Gasteiger partial charge in [0.25, 0.3) is 0 Å². The van der Waals surface area contributed by atoms with Crippen LogP contribution in [-0.2, 0) is 6.42 Å². The Morgan fingerprint density at radius 2 is 2.00 bits per heavy atom. The molecule has 0 saturated heterocycles. The van der Waals surface area contributed by atoms with Gasteiger partial charge in [-0.15, -0.1) is 0 Å². The molecule has 1 aromatic carbocycles. The number of aromatic nitrogens is 2. The van der Waals surface area contributed by atoms with Crippen molar-refractivity contribution in [2.24, 2.45) is 0 Å². The summed E-state index contributed by atoms with van der Waals surface area (Å²) in [5.74, 6) is -0.725. The molecule has 0 spiro atoms. The third-order valence-corrected chi connectivity index (χ3v) is 4.21. The summed E-state index contributed by atoms with van der Waals surface area (Å²) in [4.78, 5) is 11.6. The number of carbonyl (C=O) groups is 1. The number of furan rings is 1. The number of halogens is 3. The summed E-state index contributed by atoms with van der Waals surface area (Å²) in [5, 5.41) is 14.9. The minimum absolute atomic E-state index is 0.0639. The Morgan fingerprint density at radius 1 is 1.25 bits per heavy atom. The molecule has 0 bridgehead atoms. The fourth-order valence-electron chi connectivity index (χ4n) is 2.47. The maximum Gasteiger partial charge on any atom is 0.356 e. The lowest BCUT2D eigenvalue weighted by molar-refractivity contribution is 0.0689. The van der Waals surface area contributed by atoms with Crippen molar-refractivity contribution in [1.29, 1.82) is 0 Å². The SMILES string of the molecule is CCc1c(C(=O)O)nn(-c2ccc(Cl)cc2Cl)c1-c1cc(Cl)co1. The first-order valence-corrected chi connectivity index (χ1v) is 8.10. The van der Waals surface area contributed by atoms with Crippen LogP contribution in [-0.4, -0.2) is 20.9 Å². The van der Waals surface area contributed by atoms with Gasteiger partial charge in [0, 0.05) is 16.7 Å². The van der Waals surface area contributed by atoms with Crippen LogP contribution in [0.4, 0.5) is 0 Å². The lowest BCUT2D eigenvalue weighted by Gasteiger charge is -2.09. The molecule has 1 N–H and O–H groups in total. The molecular formula is C16H11Cl3N2O3. The molecule has 2 heterocycles. The van der Waals surface area contributed by atoms with Gasteiger partial charge in [-0.25, -0.2) is 9.48 Å². The summed E-state index contributed by atoms with van der Waals surface area (Å²) < 4.78 is 6.90. The Labute approximate surface area is 152 Å². The molecule has 0 aliphatic carbocycles. The molecule has 0 amide bonds. The number of nitrogens with zero attached hydrogens (tertiary/aromatic N) is 2. The number of carboxylic acid groups (broad SMARTS) is 1. The van der Waals surface area contributed by atoms with E-state index in [4.69, 9.17) is 39.2 Å². The van der Waals surface area contributed by atoms with Crippen LogP contribution >= 0.6 is 34.8 Å². The smallest absolute Gasteiger partial charge is 0.356 e. The number of hydrogen-bond donors (Lipinski definition) is 1. The van der Waals surface area contributed by atoms with E-state index in [2.05, 4.69) is 5.10 Å². The first-order valence-electron chi connectivity index (χ1n) is 6.97. The van der Waals surface area contributed by atoms with Gasteiger partial charge in [-0.05, 0) is 24.6 Å². The minimum atomic E-state index is -1.13. The van der Waals surface area contributed by atoms with E-state index in [9.17, 15) is 9.90 Å². The normalized spacial score (nSPS) is 11.0. The molecule has 0 fully saturated rings. The van der Waals surface area contributed by atoms with Crippen molar-refractivity contribution in [3.63, 3.8) is 0 Å². The van der Waals surface area contributed by atoms with Crippen molar-refractivity contribution in [3.05, 3.63) is 56.9 Å². The van der Waals surface area contributed by atoms with Gasteiger partial charge in [-0.2, -0.15) is 5.10 Å². The Kier molecular flexibility index (Phi) is 4.58. The van der Waals surface area contributed by atoms with Gasteiger partial charge >= 0.3 is 5.97 Å². The molecular weight excluding hydrogens is 375 g/mol. The third-order valence-electron chi connectivity index (χ3n) is 3.48. The second-order valence-electron chi connectivity index (χ2n) is 4.97. The summed E-state index contributed by atoms with van der Waals surface area (Å²) in [6, 6.07) is 6.47. The quantitative estimate of drug-likeness (QED) is 0.657. The Morgan fingerprint density at radius 3 is 2.54 bits per heavy atom. The van der Waals surface area contributed by atoms with Crippen LogP contribution in [0.5, 0.6) is 0 Å². The highest BCUT2D eigenvalue weighted by atomic mass is 35.5. The van der Waals surface area contributed by atoms with Crippen LogP contribution in [0.15, 0.2) is 34.9 Å². The lowest BCUT2D eigenvalue weighted by atomic mass is 10.1. The molecule has 0 aliphatic rings. The Balaban J connectivity index is 2.34. The number of benzene rings is 1. The molecule has 0 radical (unpaired) electrons. The molecule has 3 rings (SSSR count). The van der Waals surface area contributed by atoms with Gasteiger partial charge in [-0.3, -0.25) is 0 Å². The molecule has 8 heteroatoms. The maximum atomic E-state index is 11.6. The summed E-state index contributed by atoms with van der Waals surface area (Å²) in [5.41, 5.74) is 1.45. The zero-order chi connectivity index (χ0) is 17.4. The van der Waals surface area contributed by atoms with Crippen molar-refractivity contribution < 1.29 is 14.3 Å². The van der Waals surface area contributed by atoms with Crippen LogP contribution in [0.25, 0.3) is 17.1 Å². The van der Waals surface area contributed by atoms with Crippen LogP contribution < -0.4 is 0 Å². The van der Waals surface area contributed by atoms with Crippen molar-refractivity contribution >= 4 is 40.8 Å². The van der Waals surface area contributed by atoms with Crippen LogP contribution in [0, 0.1) is 0 Å². The average molecular weight is 386 g/mol. The van der Waals surface area contributed by atoms with Gasteiger partial charge in [0.05, 0.1) is 15.7 Å². The van der Waals surface area contributed by atoms with Crippen molar-refractivity contribution in [1.82, 2.24) is 9.78 Å². The second kappa shape index (κ2) is 6.51. The number of rotatable bonds is 4. The van der Waals surface area contributed by atoms with Crippen LogP contribution in [0.3, 0.4) is 0 Å². The number of hydrogen-bond acceptors (Lipinski definition) is 3. The van der Waals surface area contributed by atoms with Gasteiger partial charge in [0.2, 0.25) is 0 Å². The molecule has 0 saturated carbocycles. The molecule has 3 aromatic rings. The number of carboxylic acids is 1.